The lowest BCUT2D eigenvalue weighted by Gasteiger charge is -2.19. The molecule has 0 aliphatic rings. The monoisotopic (exact) mass is 281 g/mol. The van der Waals surface area contributed by atoms with E-state index in [0.29, 0.717) is 13.1 Å². The average Bonchev–Trinajstić information content (AvgIpc) is 2.39. The molecule has 4 heteroatoms. The molecule has 3 nitrogen and oxygen atoms in total. The van der Waals surface area contributed by atoms with E-state index in [-0.39, 0.29) is 16.9 Å². The van der Waals surface area contributed by atoms with Crippen LogP contribution in [0.5, 0.6) is 0 Å². The molecule has 19 heavy (non-hydrogen) atoms. The van der Waals surface area contributed by atoms with Gasteiger partial charge in [0.05, 0.1) is 5.25 Å². The van der Waals surface area contributed by atoms with Gasteiger partial charge in [0.15, 0.2) is 0 Å². The maximum Gasteiger partial charge on any atom is 0.235 e. The molecular weight excluding hydrogens is 258 g/mol. The van der Waals surface area contributed by atoms with Crippen LogP contribution in [0.3, 0.4) is 0 Å². The Morgan fingerprint density at radius 3 is 2.47 bits per heavy atom. The third kappa shape index (κ3) is 4.46. The van der Waals surface area contributed by atoms with E-state index in [1.54, 1.807) is 4.90 Å². The number of carbonyl (C=O) groups is 1. The minimum absolute atomic E-state index is 0.0252. The molecule has 1 amide bonds. The Morgan fingerprint density at radius 2 is 1.95 bits per heavy atom. The SMILES string of the molecule is CCN(CC)C(=O)C[S@](=O)[C@@H](C)c1cccc(C)c1. The van der Waals surface area contributed by atoms with E-state index >= 15 is 0 Å². The first-order valence-electron chi connectivity index (χ1n) is 6.71. The molecule has 1 aromatic rings. The zero-order valence-corrected chi connectivity index (χ0v) is 13.0. The van der Waals surface area contributed by atoms with Crippen molar-refractivity contribution < 1.29 is 9.00 Å². The summed E-state index contributed by atoms with van der Waals surface area (Å²) in [5.74, 6) is 0.0828. The third-order valence-corrected chi connectivity index (χ3v) is 4.88. The van der Waals surface area contributed by atoms with Gasteiger partial charge < -0.3 is 4.90 Å². The quantitative estimate of drug-likeness (QED) is 0.804. The fraction of sp³-hybridized carbons (Fsp3) is 0.533. The van der Waals surface area contributed by atoms with Gasteiger partial charge in [0.25, 0.3) is 0 Å². The van der Waals surface area contributed by atoms with Crippen LogP contribution < -0.4 is 0 Å². The Morgan fingerprint density at radius 1 is 1.32 bits per heavy atom. The topological polar surface area (TPSA) is 37.4 Å². The molecule has 0 saturated carbocycles. The number of rotatable bonds is 6. The van der Waals surface area contributed by atoms with E-state index in [9.17, 15) is 9.00 Å². The van der Waals surface area contributed by atoms with Gasteiger partial charge in [-0.25, -0.2) is 0 Å². The summed E-state index contributed by atoms with van der Waals surface area (Å²) < 4.78 is 12.3. The summed E-state index contributed by atoms with van der Waals surface area (Å²) in [6, 6.07) is 7.98. The van der Waals surface area contributed by atoms with Gasteiger partial charge in [-0.2, -0.15) is 0 Å². The van der Waals surface area contributed by atoms with E-state index in [1.807, 2.05) is 52.0 Å². The van der Waals surface area contributed by atoms with Gasteiger partial charge in [0.1, 0.15) is 5.75 Å². The molecule has 106 valence electrons. The van der Waals surface area contributed by atoms with Crippen molar-refractivity contribution in [3.63, 3.8) is 0 Å². The molecular formula is C15H23NO2S. The maximum atomic E-state index is 12.3. The van der Waals surface area contributed by atoms with Crippen molar-refractivity contribution in [3.05, 3.63) is 35.4 Å². The minimum atomic E-state index is -1.17. The standard InChI is InChI=1S/C15H23NO2S/c1-5-16(6-2)15(17)11-19(18)13(4)14-9-7-8-12(3)10-14/h7-10,13H,5-6,11H2,1-4H3/t13-,19-/m0/s1. The van der Waals surface area contributed by atoms with Gasteiger partial charge in [-0.15, -0.1) is 0 Å². The van der Waals surface area contributed by atoms with E-state index in [4.69, 9.17) is 0 Å². The number of amides is 1. The second kappa shape index (κ2) is 7.43. The highest BCUT2D eigenvalue weighted by Gasteiger charge is 2.19. The Hall–Kier alpha value is -1.16. The van der Waals surface area contributed by atoms with Crippen LogP contribution >= 0.6 is 0 Å². The summed E-state index contributed by atoms with van der Waals surface area (Å²) in [5, 5.41) is -0.112. The van der Waals surface area contributed by atoms with Gasteiger partial charge in [0.2, 0.25) is 5.91 Å². The molecule has 2 atom stereocenters. The first kappa shape index (κ1) is 15.9. The summed E-state index contributed by atoms with van der Waals surface area (Å²) >= 11 is 0. The molecule has 0 bridgehead atoms. The molecule has 1 rings (SSSR count). The first-order valence-corrected chi connectivity index (χ1v) is 8.09. The van der Waals surface area contributed by atoms with E-state index in [2.05, 4.69) is 0 Å². The minimum Gasteiger partial charge on any atom is -0.342 e. The summed E-state index contributed by atoms with van der Waals surface area (Å²) in [6.45, 7) is 9.15. The van der Waals surface area contributed by atoms with Crippen molar-refractivity contribution in [2.75, 3.05) is 18.8 Å². The van der Waals surface area contributed by atoms with Crippen molar-refractivity contribution in [1.29, 1.82) is 0 Å². The van der Waals surface area contributed by atoms with Crippen LogP contribution in [0.1, 0.15) is 37.1 Å². The highest BCUT2D eigenvalue weighted by Crippen LogP contribution is 2.20. The Labute approximate surface area is 118 Å². The predicted octanol–water partition coefficient (Wildman–Crippen LogP) is 2.67. The number of hydrogen-bond acceptors (Lipinski definition) is 2. The molecule has 0 spiro atoms. The molecule has 0 unspecified atom stereocenters. The average molecular weight is 281 g/mol. The smallest absolute Gasteiger partial charge is 0.235 e. The van der Waals surface area contributed by atoms with Gasteiger partial charge in [-0.3, -0.25) is 9.00 Å². The highest BCUT2D eigenvalue weighted by molar-refractivity contribution is 7.86. The molecule has 0 fully saturated rings. The van der Waals surface area contributed by atoms with Crippen molar-refractivity contribution in [2.45, 2.75) is 32.9 Å². The fourth-order valence-electron chi connectivity index (χ4n) is 1.99. The van der Waals surface area contributed by atoms with Crippen LogP contribution in [0.25, 0.3) is 0 Å². The first-order chi connectivity index (χ1) is 8.99. The lowest BCUT2D eigenvalue weighted by molar-refractivity contribution is -0.128. The molecule has 0 aliphatic carbocycles. The molecule has 0 aromatic heterocycles. The summed E-state index contributed by atoms with van der Waals surface area (Å²) in [6.07, 6.45) is 0. The number of aryl methyl sites for hydroxylation is 1. The molecule has 0 heterocycles. The van der Waals surface area contributed by atoms with Crippen molar-refractivity contribution in [3.8, 4) is 0 Å². The lowest BCUT2D eigenvalue weighted by Crippen LogP contribution is -2.34. The maximum absolute atomic E-state index is 12.3. The second-order valence-corrected chi connectivity index (χ2v) is 6.40. The Kier molecular flexibility index (Phi) is 6.22. The number of benzene rings is 1. The number of hydrogen-bond donors (Lipinski definition) is 0. The Balaban J connectivity index is 2.70. The van der Waals surface area contributed by atoms with Crippen LogP contribution in [0.4, 0.5) is 0 Å². The normalized spacial score (nSPS) is 13.9. The van der Waals surface area contributed by atoms with E-state index in [0.717, 1.165) is 11.1 Å². The Bertz CT molecular complexity index is 455. The predicted molar refractivity (Wildman–Crippen MR) is 80.5 cm³/mol. The van der Waals surface area contributed by atoms with Crippen molar-refractivity contribution >= 4 is 16.7 Å². The van der Waals surface area contributed by atoms with Crippen LogP contribution in [0.15, 0.2) is 24.3 Å². The van der Waals surface area contributed by atoms with Crippen molar-refractivity contribution in [1.82, 2.24) is 4.90 Å². The van der Waals surface area contributed by atoms with Gasteiger partial charge >= 0.3 is 0 Å². The zero-order chi connectivity index (χ0) is 14.4. The number of carbonyl (C=O) groups excluding carboxylic acids is 1. The molecule has 0 aliphatic heterocycles. The van der Waals surface area contributed by atoms with Gasteiger partial charge in [-0.1, -0.05) is 29.8 Å². The van der Waals surface area contributed by atoms with Crippen LogP contribution in [0, 0.1) is 6.92 Å². The molecule has 0 saturated heterocycles. The molecule has 1 aromatic carbocycles. The number of nitrogens with zero attached hydrogens (tertiary/aromatic N) is 1. The summed E-state index contributed by atoms with van der Waals surface area (Å²) in [7, 11) is -1.17. The van der Waals surface area contributed by atoms with E-state index < -0.39 is 10.8 Å². The largest absolute Gasteiger partial charge is 0.342 e. The molecule has 0 radical (unpaired) electrons. The van der Waals surface area contributed by atoms with Crippen LogP contribution in [-0.2, 0) is 15.6 Å². The fourth-order valence-corrected chi connectivity index (χ4v) is 3.12. The second-order valence-electron chi connectivity index (χ2n) is 4.65. The third-order valence-electron chi connectivity index (χ3n) is 3.29. The van der Waals surface area contributed by atoms with Crippen LogP contribution in [0.2, 0.25) is 0 Å². The summed E-state index contributed by atoms with van der Waals surface area (Å²) in [5.41, 5.74) is 2.18. The highest BCUT2D eigenvalue weighted by atomic mass is 32.2. The van der Waals surface area contributed by atoms with E-state index in [1.165, 1.54) is 0 Å². The van der Waals surface area contributed by atoms with Gasteiger partial charge in [0, 0.05) is 23.9 Å². The molecule has 0 N–H and O–H groups in total. The van der Waals surface area contributed by atoms with Crippen LogP contribution in [-0.4, -0.2) is 33.9 Å². The van der Waals surface area contributed by atoms with Crippen molar-refractivity contribution in [2.24, 2.45) is 0 Å². The summed E-state index contributed by atoms with van der Waals surface area (Å²) in [4.78, 5) is 13.7. The van der Waals surface area contributed by atoms with Gasteiger partial charge in [-0.05, 0) is 33.3 Å². The zero-order valence-electron chi connectivity index (χ0n) is 12.2. The lowest BCUT2D eigenvalue weighted by atomic mass is 10.1.